The zero-order valence-corrected chi connectivity index (χ0v) is 16.7. The molecule has 0 aliphatic carbocycles. The van der Waals surface area contributed by atoms with Crippen molar-refractivity contribution < 1.29 is 4.74 Å². The number of nitrogens with two attached hydrogens (primary N) is 1. The van der Waals surface area contributed by atoms with Gasteiger partial charge in [-0.2, -0.15) is 5.26 Å². The number of aryl methyl sites for hydroxylation is 1. The number of hydrogen-bond acceptors (Lipinski definition) is 4. The number of aromatic nitrogens is 1. The number of anilines is 1. The van der Waals surface area contributed by atoms with Crippen molar-refractivity contribution >= 4 is 5.82 Å². The second-order valence-electron chi connectivity index (χ2n) is 7.09. The SMILES string of the molecule is Cc1ccc(-c2cc(-c3ccc(OCc4ccccc4)cc3)c(C#N)c(N)n2)cc1. The first-order valence-electron chi connectivity index (χ1n) is 9.69. The quantitative estimate of drug-likeness (QED) is 0.470. The van der Waals surface area contributed by atoms with E-state index in [9.17, 15) is 5.26 Å². The van der Waals surface area contributed by atoms with Gasteiger partial charge in [0.25, 0.3) is 0 Å². The van der Waals surface area contributed by atoms with E-state index in [1.807, 2.05) is 91.9 Å². The number of nitrogen functional groups attached to an aromatic ring is 1. The van der Waals surface area contributed by atoms with E-state index in [-0.39, 0.29) is 5.82 Å². The van der Waals surface area contributed by atoms with Crippen molar-refractivity contribution in [3.8, 4) is 34.2 Å². The minimum Gasteiger partial charge on any atom is -0.489 e. The summed E-state index contributed by atoms with van der Waals surface area (Å²) in [6, 6.07) is 29.9. The van der Waals surface area contributed by atoms with E-state index in [1.54, 1.807) is 0 Å². The Balaban J connectivity index is 1.64. The number of rotatable bonds is 5. The Morgan fingerprint density at radius 1 is 0.900 bits per heavy atom. The lowest BCUT2D eigenvalue weighted by Gasteiger charge is -2.12. The molecule has 1 heterocycles. The molecule has 1 aromatic heterocycles. The molecular weight excluding hydrogens is 370 g/mol. The average molecular weight is 391 g/mol. The summed E-state index contributed by atoms with van der Waals surface area (Å²) < 4.78 is 5.87. The van der Waals surface area contributed by atoms with Gasteiger partial charge in [0.2, 0.25) is 0 Å². The van der Waals surface area contributed by atoms with Crippen molar-refractivity contribution in [2.24, 2.45) is 0 Å². The van der Waals surface area contributed by atoms with E-state index in [0.29, 0.717) is 12.2 Å². The normalized spacial score (nSPS) is 10.4. The third-order valence-corrected chi connectivity index (χ3v) is 4.92. The van der Waals surface area contributed by atoms with E-state index in [0.717, 1.165) is 33.7 Å². The summed E-state index contributed by atoms with van der Waals surface area (Å²) in [6.45, 7) is 2.54. The Morgan fingerprint density at radius 3 is 2.23 bits per heavy atom. The first kappa shape index (κ1) is 19.2. The smallest absolute Gasteiger partial charge is 0.142 e. The molecular formula is C26H21N3O. The van der Waals surface area contributed by atoms with Crippen molar-refractivity contribution in [2.75, 3.05) is 5.73 Å². The summed E-state index contributed by atoms with van der Waals surface area (Å²) in [5.74, 6) is 0.997. The largest absolute Gasteiger partial charge is 0.489 e. The van der Waals surface area contributed by atoms with Gasteiger partial charge in [-0.3, -0.25) is 0 Å². The highest BCUT2D eigenvalue weighted by Crippen LogP contribution is 2.32. The maximum atomic E-state index is 9.63. The molecule has 4 aromatic rings. The van der Waals surface area contributed by atoms with Gasteiger partial charge in [-0.1, -0.05) is 72.3 Å². The van der Waals surface area contributed by atoms with Crippen molar-refractivity contribution in [3.05, 3.63) is 102 Å². The molecule has 146 valence electrons. The highest BCUT2D eigenvalue weighted by molar-refractivity contribution is 5.80. The third-order valence-electron chi connectivity index (χ3n) is 4.92. The minimum absolute atomic E-state index is 0.231. The molecule has 0 saturated heterocycles. The van der Waals surface area contributed by atoms with E-state index < -0.39 is 0 Å². The van der Waals surface area contributed by atoms with Crippen LogP contribution in [-0.4, -0.2) is 4.98 Å². The Morgan fingerprint density at radius 2 is 1.57 bits per heavy atom. The molecule has 0 spiro atoms. The third kappa shape index (κ3) is 4.16. The molecule has 0 bridgehead atoms. The fourth-order valence-electron chi connectivity index (χ4n) is 3.25. The van der Waals surface area contributed by atoms with Gasteiger partial charge < -0.3 is 10.5 Å². The fraction of sp³-hybridized carbons (Fsp3) is 0.0769. The molecule has 2 N–H and O–H groups in total. The van der Waals surface area contributed by atoms with E-state index in [4.69, 9.17) is 10.5 Å². The Labute approximate surface area is 176 Å². The van der Waals surface area contributed by atoms with Crippen molar-refractivity contribution in [2.45, 2.75) is 13.5 Å². The summed E-state index contributed by atoms with van der Waals surface area (Å²) in [6.07, 6.45) is 0. The zero-order valence-electron chi connectivity index (χ0n) is 16.7. The molecule has 4 heteroatoms. The molecule has 0 saturated carbocycles. The van der Waals surface area contributed by atoms with E-state index in [2.05, 4.69) is 11.1 Å². The van der Waals surface area contributed by atoms with Crippen LogP contribution in [-0.2, 0) is 6.61 Å². The van der Waals surface area contributed by atoms with Crippen molar-refractivity contribution in [3.63, 3.8) is 0 Å². The summed E-state index contributed by atoms with van der Waals surface area (Å²) in [7, 11) is 0. The molecule has 3 aromatic carbocycles. The van der Waals surface area contributed by atoms with Gasteiger partial charge in [0.15, 0.2) is 0 Å². The zero-order chi connectivity index (χ0) is 20.9. The molecule has 0 radical (unpaired) electrons. The van der Waals surface area contributed by atoms with Crippen molar-refractivity contribution in [1.82, 2.24) is 4.98 Å². The standard InChI is InChI=1S/C26H21N3O/c1-18-7-9-21(10-8-18)25-15-23(24(16-27)26(28)29-25)20-11-13-22(14-12-20)30-17-19-5-3-2-4-6-19/h2-15H,17H2,1H3,(H2,28,29). The number of nitrogens with zero attached hydrogens (tertiary/aromatic N) is 2. The highest BCUT2D eigenvalue weighted by atomic mass is 16.5. The lowest BCUT2D eigenvalue weighted by atomic mass is 9.98. The number of ether oxygens (including phenoxy) is 1. The lowest BCUT2D eigenvalue weighted by Crippen LogP contribution is -2.00. The van der Waals surface area contributed by atoms with Gasteiger partial charge in [-0.05, 0) is 36.2 Å². The van der Waals surface area contributed by atoms with E-state index >= 15 is 0 Å². The first-order chi connectivity index (χ1) is 14.6. The number of benzene rings is 3. The van der Waals surface area contributed by atoms with Gasteiger partial charge in [0.05, 0.1) is 5.69 Å². The maximum Gasteiger partial charge on any atom is 0.142 e. The van der Waals surface area contributed by atoms with Crippen LogP contribution in [0.1, 0.15) is 16.7 Å². The molecule has 4 rings (SSSR count). The van der Waals surface area contributed by atoms with Crippen LogP contribution >= 0.6 is 0 Å². The van der Waals surface area contributed by atoms with Gasteiger partial charge in [-0.25, -0.2) is 4.98 Å². The van der Waals surface area contributed by atoms with Crippen molar-refractivity contribution in [1.29, 1.82) is 5.26 Å². The number of nitriles is 1. The Hall–Kier alpha value is -4.10. The predicted octanol–water partition coefficient (Wildman–Crippen LogP) is 5.76. The molecule has 0 unspecified atom stereocenters. The summed E-state index contributed by atoms with van der Waals surface area (Å²) in [4.78, 5) is 4.44. The monoisotopic (exact) mass is 391 g/mol. The van der Waals surface area contributed by atoms with E-state index in [1.165, 1.54) is 5.56 Å². The minimum atomic E-state index is 0.231. The van der Waals surface area contributed by atoms with Crippen LogP contribution in [0.5, 0.6) is 5.75 Å². The van der Waals surface area contributed by atoms with Crippen LogP contribution < -0.4 is 10.5 Å². The van der Waals surface area contributed by atoms with Crippen LogP contribution in [0.4, 0.5) is 5.82 Å². The molecule has 4 nitrogen and oxygen atoms in total. The molecule has 0 amide bonds. The maximum absolute atomic E-state index is 9.63. The highest BCUT2D eigenvalue weighted by Gasteiger charge is 2.13. The van der Waals surface area contributed by atoms with Crippen LogP contribution in [0, 0.1) is 18.3 Å². The molecule has 0 atom stereocenters. The van der Waals surface area contributed by atoms with Gasteiger partial charge >= 0.3 is 0 Å². The van der Waals surface area contributed by atoms with Crippen LogP contribution in [0.3, 0.4) is 0 Å². The topological polar surface area (TPSA) is 71.9 Å². The van der Waals surface area contributed by atoms with Gasteiger partial charge in [-0.15, -0.1) is 0 Å². The molecule has 0 aliphatic heterocycles. The molecule has 0 aliphatic rings. The Kier molecular flexibility index (Phi) is 5.45. The lowest BCUT2D eigenvalue weighted by molar-refractivity contribution is 0.306. The van der Waals surface area contributed by atoms with Gasteiger partial charge in [0.1, 0.15) is 29.8 Å². The molecule has 30 heavy (non-hydrogen) atoms. The molecule has 0 fully saturated rings. The second-order valence-corrected chi connectivity index (χ2v) is 7.09. The number of pyridine rings is 1. The predicted molar refractivity (Wildman–Crippen MR) is 120 cm³/mol. The average Bonchev–Trinajstić information content (AvgIpc) is 2.79. The van der Waals surface area contributed by atoms with Gasteiger partial charge in [0, 0.05) is 11.1 Å². The first-order valence-corrected chi connectivity index (χ1v) is 9.69. The fourth-order valence-corrected chi connectivity index (χ4v) is 3.25. The Bertz CT molecular complexity index is 1190. The summed E-state index contributed by atoms with van der Waals surface area (Å²) in [5, 5.41) is 9.63. The van der Waals surface area contributed by atoms with Crippen LogP contribution in [0.15, 0.2) is 84.9 Å². The van der Waals surface area contributed by atoms with Crippen LogP contribution in [0.2, 0.25) is 0 Å². The van der Waals surface area contributed by atoms with Crippen LogP contribution in [0.25, 0.3) is 22.4 Å². The summed E-state index contributed by atoms with van der Waals surface area (Å²) >= 11 is 0. The summed E-state index contributed by atoms with van der Waals surface area (Å²) in [5.41, 5.74) is 12.1. The second kappa shape index (κ2) is 8.50. The number of hydrogen-bond donors (Lipinski definition) is 1.